The minimum absolute atomic E-state index is 0.113. The predicted molar refractivity (Wildman–Crippen MR) is 129 cm³/mol. The van der Waals surface area contributed by atoms with E-state index in [0.29, 0.717) is 31.2 Å². The van der Waals surface area contributed by atoms with E-state index in [9.17, 15) is 24.9 Å². The molecule has 33 heavy (non-hydrogen) atoms. The Morgan fingerprint density at radius 3 is 1.85 bits per heavy atom. The fraction of sp³-hybridized carbons (Fsp3) is 0.200. The number of phenolic OH excluding ortho intramolecular Hbond substituents is 2. The molecule has 1 heterocycles. The molecular weight excluding hydrogens is 556 g/mol. The first-order chi connectivity index (χ1) is 15.4. The zero-order chi connectivity index (χ0) is 24.4. The quantitative estimate of drug-likeness (QED) is 0.330. The minimum Gasteiger partial charge on any atom is -0.507 e. The molecule has 0 bridgehead atoms. The van der Waals surface area contributed by atoms with Gasteiger partial charge in [0.15, 0.2) is 5.60 Å². The maximum absolute atomic E-state index is 13.3. The van der Waals surface area contributed by atoms with Crippen molar-refractivity contribution in [3.63, 3.8) is 0 Å². The lowest BCUT2D eigenvalue weighted by atomic mass is 9.74. The first-order valence-corrected chi connectivity index (χ1v) is 11.6. The van der Waals surface area contributed by atoms with E-state index in [-0.39, 0.29) is 39.3 Å². The van der Waals surface area contributed by atoms with E-state index >= 15 is 0 Å². The van der Waals surface area contributed by atoms with Crippen LogP contribution in [0.15, 0.2) is 39.3 Å². The van der Waals surface area contributed by atoms with Crippen LogP contribution in [0.4, 0.5) is 0 Å². The fourth-order valence-electron chi connectivity index (χ4n) is 4.57. The minimum atomic E-state index is -1.79. The van der Waals surface area contributed by atoms with Gasteiger partial charge in [0.25, 0.3) is 0 Å². The number of carboxylic acid groups (broad SMARTS) is 1. The average molecular weight is 576 g/mol. The van der Waals surface area contributed by atoms with Crippen molar-refractivity contribution in [2.45, 2.75) is 33.3 Å². The molecule has 8 heteroatoms. The summed E-state index contributed by atoms with van der Waals surface area (Å²) >= 11 is 7.03. The van der Waals surface area contributed by atoms with Crippen molar-refractivity contribution in [2.24, 2.45) is 0 Å². The van der Waals surface area contributed by atoms with Crippen molar-refractivity contribution >= 4 is 43.8 Å². The molecule has 3 aromatic rings. The summed E-state index contributed by atoms with van der Waals surface area (Å²) in [6, 6.07) is 7.93. The monoisotopic (exact) mass is 574 g/mol. The Balaban J connectivity index is 2.31. The van der Waals surface area contributed by atoms with Crippen LogP contribution >= 0.6 is 31.9 Å². The van der Waals surface area contributed by atoms with Crippen LogP contribution in [0.3, 0.4) is 0 Å². The molecule has 0 fully saturated rings. The predicted octanol–water partition coefficient (Wildman–Crippen LogP) is 6.02. The van der Waals surface area contributed by atoms with E-state index in [1.807, 2.05) is 0 Å². The molecule has 1 aliphatic heterocycles. The number of aromatic hydroxyl groups is 2. The highest BCUT2D eigenvalue weighted by atomic mass is 79.9. The van der Waals surface area contributed by atoms with Gasteiger partial charge in [0, 0.05) is 14.5 Å². The van der Waals surface area contributed by atoms with Gasteiger partial charge in [0.05, 0.1) is 22.3 Å². The normalized spacial score (nSPS) is 14.2. The van der Waals surface area contributed by atoms with E-state index in [0.717, 1.165) is 0 Å². The molecule has 0 aliphatic carbocycles. The zero-order valence-corrected chi connectivity index (χ0v) is 21.4. The highest BCUT2D eigenvalue weighted by Crippen LogP contribution is 2.56. The van der Waals surface area contributed by atoms with E-state index in [2.05, 4.69) is 31.9 Å². The van der Waals surface area contributed by atoms with Crippen molar-refractivity contribution in [2.75, 3.05) is 0 Å². The molecule has 3 aromatic carbocycles. The van der Waals surface area contributed by atoms with Gasteiger partial charge in [0.2, 0.25) is 0 Å². The molecule has 0 aromatic heterocycles. The van der Waals surface area contributed by atoms with Gasteiger partial charge in [-0.2, -0.15) is 0 Å². The number of esters is 1. The van der Waals surface area contributed by atoms with Gasteiger partial charge in [0.1, 0.15) is 11.5 Å². The fourth-order valence-corrected chi connectivity index (χ4v) is 5.65. The maximum Gasteiger partial charge on any atom is 0.341 e. The lowest BCUT2D eigenvalue weighted by molar-refractivity contribution is 0.0233. The first kappa shape index (κ1) is 23.3. The van der Waals surface area contributed by atoms with E-state index in [1.54, 1.807) is 45.9 Å². The standard InChI is InChI=1S/C25H20Br2O6/c1-10-8-16(26)12(3)19(21(10)28)25(20-13(4)17(27)9-11(2)22(20)29)15-7-5-6-14(23(30)31)18(15)24(32)33-25/h5-9,28-29H,1-4H3,(H,30,31). The molecule has 4 rings (SSSR count). The lowest BCUT2D eigenvalue weighted by Gasteiger charge is -2.35. The molecule has 0 radical (unpaired) electrons. The zero-order valence-electron chi connectivity index (χ0n) is 18.2. The summed E-state index contributed by atoms with van der Waals surface area (Å²) in [4.78, 5) is 25.2. The largest absolute Gasteiger partial charge is 0.507 e. The Hall–Kier alpha value is -2.84. The molecule has 0 saturated heterocycles. The van der Waals surface area contributed by atoms with E-state index in [1.165, 1.54) is 12.1 Å². The molecule has 0 amide bonds. The summed E-state index contributed by atoms with van der Waals surface area (Å²) in [5.74, 6) is -2.37. The van der Waals surface area contributed by atoms with Gasteiger partial charge in [-0.1, -0.05) is 44.0 Å². The summed E-state index contributed by atoms with van der Waals surface area (Å²) in [6.07, 6.45) is 0. The van der Waals surface area contributed by atoms with Crippen LogP contribution in [0.2, 0.25) is 0 Å². The number of rotatable bonds is 3. The summed E-state index contributed by atoms with van der Waals surface area (Å²) < 4.78 is 7.39. The smallest absolute Gasteiger partial charge is 0.341 e. The van der Waals surface area contributed by atoms with Crippen molar-refractivity contribution < 1.29 is 29.6 Å². The number of ether oxygens (including phenoxy) is 1. The average Bonchev–Trinajstić information content (AvgIpc) is 3.04. The van der Waals surface area contributed by atoms with Gasteiger partial charge in [-0.25, -0.2) is 9.59 Å². The van der Waals surface area contributed by atoms with Gasteiger partial charge >= 0.3 is 11.9 Å². The number of phenols is 2. The highest BCUT2D eigenvalue weighted by molar-refractivity contribution is 9.10. The number of carboxylic acids is 1. The number of aryl methyl sites for hydroxylation is 2. The van der Waals surface area contributed by atoms with E-state index < -0.39 is 17.5 Å². The third-order valence-electron chi connectivity index (χ3n) is 6.20. The molecule has 0 spiro atoms. The molecule has 3 N–H and O–H groups in total. The lowest BCUT2D eigenvalue weighted by Crippen LogP contribution is -2.32. The Morgan fingerprint density at radius 1 is 0.909 bits per heavy atom. The van der Waals surface area contributed by atoms with Gasteiger partial charge in [-0.15, -0.1) is 0 Å². The number of carbonyl (C=O) groups is 2. The second-order valence-electron chi connectivity index (χ2n) is 8.15. The van der Waals surface area contributed by atoms with Crippen LogP contribution in [0.25, 0.3) is 0 Å². The number of hydrogen-bond acceptors (Lipinski definition) is 5. The summed E-state index contributed by atoms with van der Waals surface area (Å²) in [6.45, 7) is 6.93. The Bertz CT molecular complexity index is 1260. The molecule has 0 unspecified atom stereocenters. The topological polar surface area (TPSA) is 104 Å². The summed E-state index contributed by atoms with van der Waals surface area (Å²) in [5, 5.41) is 32.3. The van der Waals surface area contributed by atoms with Crippen molar-refractivity contribution in [1.29, 1.82) is 0 Å². The van der Waals surface area contributed by atoms with Crippen molar-refractivity contribution in [3.8, 4) is 11.5 Å². The maximum atomic E-state index is 13.3. The number of halogens is 2. The highest BCUT2D eigenvalue weighted by Gasteiger charge is 2.54. The number of benzene rings is 3. The van der Waals surface area contributed by atoms with Crippen LogP contribution in [0.1, 0.15) is 59.7 Å². The third-order valence-corrected chi connectivity index (χ3v) is 7.85. The second kappa shape index (κ2) is 7.88. The van der Waals surface area contributed by atoms with Crippen LogP contribution in [-0.4, -0.2) is 27.3 Å². The second-order valence-corrected chi connectivity index (χ2v) is 9.86. The third kappa shape index (κ3) is 3.19. The molecule has 6 nitrogen and oxygen atoms in total. The Kier molecular flexibility index (Phi) is 5.57. The first-order valence-electron chi connectivity index (χ1n) is 10.0. The van der Waals surface area contributed by atoms with Gasteiger partial charge in [-0.3, -0.25) is 0 Å². The number of hydrogen-bond donors (Lipinski definition) is 3. The number of fused-ring (bicyclic) bond motifs is 1. The molecule has 170 valence electrons. The van der Waals surface area contributed by atoms with Gasteiger partial charge in [-0.05, 0) is 68.1 Å². The number of cyclic esters (lactones) is 1. The van der Waals surface area contributed by atoms with E-state index in [4.69, 9.17) is 4.74 Å². The van der Waals surface area contributed by atoms with Gasteiger partial charge < -0.3 is 20.1 Å². The van der Waals surface area contributed by atoms with Crippen LogP contribution in [0, 0.1) is 27.7 Å². The molecule has 0 atom stereocenters. The van der Waals surface area contributed by atoms with Crippen LogP contribution in [-0.2, 0) is 10.3 Å². The number of aromatic carboxylic acids is 1. The van der Waals surface area contributed by atoms with Crippen LogP contribution in [0.5, 0.6) is 11.5 Å². The summed E-state index contributed by atoms with van der Waals surface area (Å²) in [7, 11) is 0. The van der Waals surface area contributed by atoms with Crippen molar-refractivity contribution in [1.82, 2.24) is 0 Å². The molecule has 0 saturated carbocycles. The van der Waals surface area contributed by atoms with Crippen LogP contribution < -0.4 is 0 Å². The summed E-state index contributed by atoms with van der Waals surface area (Å²) in [5.41, 5.74) is 0.813. The van der Waals surface area contributed by atoms with Crippen molar-refractivity contribution in [3.05, 3.63) is 89.3 Å². The molecule has 1 aliphatic rings. The molecular formula is C25H20Br2O6. The Morgan fingerprint density at radius 2 is 1.39 bits per heavy atom. The Labute approximate surface area is 207 Å². The SMILES string of the molecule is Cc1cc(Br)c(C)c(C2(c3c(C)c(Br)cc(C)c3O)OC(=O)c3c(C(=O)O)cccc32)c1O. The number of carbonyl (C=O) groups excluding carboxylic acids is 1.